The van der Waals surface area contributed by atoms with E-state index in [1.807, 2.05) is 14.1 Å². The van der Waals surface area contributed by atoms with Crippen LogP contribution in [0.2, 0.25) is 10.0 Å². The predicted octanol–water partition coefficient (Wildman–Crippen LogP) is 4.71. The third-order valence-electron chi connectivity index (χ3n) is 3.84. The van der Waals surface area contributed by atoms with Gasteiger partial charge in [-0.15, -0.1) is 0 Å². The molecule has 0 saturated heterocycles. The number of hydrogen-bond donors (Lipinski definition) is 1. The van der Waals surface area contributed by atoms with Gasteiger partial charge in [0.2, 0.25) is 0 Å². The Balaban J connectivity index is 2.43. The molecular formula is C18H20Cl2FNO. The Morgan fingerprint density at radius 2 is 1.74 bits per heavy atom. The lowest BCUT2D eigenvalue weighted by Gasteiger charge is -2.31. The van der Waals surface area contributed by atoms with Gasteiger partial charge in [-0.25, -0.2) is 4.39 Å². The summed E-state index contributed by atoms with van der Waals surface area (Å²) in [6, 6.07) is 10.9. The Morgan fingerprint density at radius 3 is 2.30 bits per heavy atom. The first-order chi connectivity index (χ1) is 10.8. The van der Waals surface area contributed by atoms with Gasteiger partial charge in [0.25, 0.3) is 0 Å². The molecule has 0 aromatic heterocycles. The largest absolute Gasteiger partial charge is 0.380 e. The third kappa shape index (κ3) is 4.45. The maximum absolute atomic E-state index is 13.2. The van der Waals surface area contributed by atoms with E-state index in [2.05, 4.69) is 4.90 Å². The second-order valence-electron chi connectivity index (χ2n) is 5.90. The second-order valence-corrected chi connectivity index (χ2v) is 6.74. The predicted molar refractivity (Wildman–Crippen MR) is 93.6 cm³/mol. The van der Waals surface area contributed by atoms with E-state index in [1.54, 1.807) is 30.3 Å². The summed E-state index contributed by atoms with van der Waals surface area (Å²) < 4.78 is 13.2. The Morgan fingerprint density at radius 1 is 1.09 bits per heavy atom. The summed E-state index contributed by atoms with van der Waals surface area (Å²) in [6.45, 7) is 0.828. The van der Waals surface area contributed by atoms with Crippen molar-refractivity contribution in [2.24, 2.45) is 0 Å². The van der Waals surface area contributed by atoms with E-state index in [9.17, 15) is 9.50 Å². The van der Waals surface area contributed by atoms with Gasteiger partial charge >= 0.3 is 0 Å². The SMILES string of the molecule is CN(C)CCC[C@](O)(c1ccc(F)cc1)c1ccc(Cl)cc1Cl. The summed E-state index contributed by atoms with van der Waals surface area (Å²) in [4.78, 5) is 2.05. The fourth-order valence-corrected chi connectivity index (χ4v) is 3.20. The molecule has 2 nitrogen and oxygen atoms in total. The van der Waals surface area contributed by atoms with Crippen molar-refractivity contribution in [3.8, 4) is 0 Å². The molecule has 0 amide bonds. The van der Waals surface area contributed by atoms with Gasteiger partial charge < -0.3 is 10.0 Å². The highest BCUT2D eigenvalue weighted by Crippen LogP contribution is 2.39. The summed E-state index contributed by atoms with van der Waals surface area (Å²) >= 11 is 12.3. The topological polar surface area (TPSA) is 23.5 Å². The molecule has 0 heterocycles. The van der Waals surface area contributed by atoms with Crippen molar-refractivity contribution in [3.05, 3.63) is 69.5 Å². The first-order valence-electron chi connectivity index (χ1n) is 7.41. The zero-order valence-electron chi connectivity index (χ0n) is 13.2. The number of halogens is 3. The molecule has 1 atom stereocenters. The molecule has 1 N–H and O–H groups in total. The highest BCUT2D eigenvalue weighted by atomic mass is 35.5. The van der Waals surface area contributed by atoms with Crippen molar-refractivity contribution in [1.82, 2.24) is 4.90 Å². The average Bonchev–Trinajstić information content (AvgIpc) is 2.47. The monoisotopic (exact) mass is 355 g/mol. The van der Waals surface area contributed by atoms with Gasteiger partial charge in [0, 0.05) is 15.6 Å². The van der Waals surface area contributed by atoms with Crippen LogP contribution < -0.4 is 0 Å². The standard InChI is InChI=1S/C18H20Cl2FNO/c1-22(2)11-3-10-18(23,13-4-7-15(21)8-5-13)16-9-6-14(19)12-17(16)20/h4-9,12,23H,3,10-11H2,1-2H3/t18-/m0/s1. The van der Waals surface area contributed by atoms with Gasteiger partial charge in [-0.1, -0.05) is 41.4 Å². The van der Waals surface area contributed by atoms with Crippen molar-refractivity contribution >= 4 is 23.2 Å². The van der Waals surface area contributed by atoms with Crippen LogP contribution in [0.25, 0.3) is 0 Å². The first kappa shape index (κ1) is 18.2. The zero-order chi connectivity index (χ0) is 17.0. The number of hydrogen-bond acceptors (Lipinski definition) is 2. The fourth-order valence-electron chi connectivity index (χ4n) is 2.64. The van der Waals surface area contributed by atoms with Crippen molar-refractivity contribution in [2.45, 2.75) is 18.4 Å². The molecule has 0 aliphatic carbocycles. The second kappa shape index (κ2) is 7.63. The van der Waals surface area contributed by atoms with Crippen LogP contribution in [0.4, 0.5) is 4.39 Å². The number of rotatable bonds is 6. The van der Waals surface area contributed by atoms with Crippen LogP contribution in [0.3, 0.4) is 0 Å². The van der Waals surface area contributed by atoms with Gasteiger partial charge in [-0.05, 0) is 63.3 Å². The Kier molecular flexibility index (Phi) is 6.04. The summed E-state index contributed by atoms with van der Waals surface area (Å²) in [5.74, 6) is -0.341. The van der Waals surface area contributed by atoms with Crippen LogP contribution in [0.15, 0.2) is 42.5 Å². The van der Waals surface area contributed by atoms with E-state index in [-0.39, 0.29) is 5.82 Å². The molecule has 0 saturated carbocycles. The van der Waals surface area contributed by atoms with Crippen LogP contribution in [0.1, 0.15) is 24.0 Å². The summed E-state index contributed by atoms with van der Waals surface area (Å²) in [5, 5.41) is 12.3. The number of benzene rings is 2. The molecule has 0 aliphatic heterocycles. The van der Waals surface area contributed by atoms with Gasteiger partial charge in [0.05, 0.1) is 0 Å². The lowest BCUT2D eigenvalue weighted by atomic mass is 9.82. The minimum atomic E-state index is -1.29. The molecule has 0 fully saturated rings. The minimum Gasteiger partial charge on any atom is -0.380 e. The Bertz CT molecular complexity index is 661. The van der Waals surface area contributed by atoms with E-state index in [1.165, 1.54) is 12.1 Å². The fraction of sp³-hybridized carbons (Fsp3) is 0.333. The molecule has 2 aromatic rings. The molecule has 124 valence electrons. The van der Waals surface area contributed by atoms with Crippen LogP contribution in [-0.4, -0.2) is 30.6 Å². The number of nitrogens with zero attached hydrogens (tertiary/aromatic N) is 1. The molecule has 0 spiro atoms. The molecule has 2 rings (SSSR count). The van der Waals surface area contributed by atoms with Crippen LogP contribution >= 0.6 is 23.2 Å². The lowest BCUT2D eigenvalue weighted by molar-refractivity contribution is 0.0665. The van der Waals surface area contributed by atoms with Crippen LogP contribution in [-0.2, 0) is 5.60 Å². The zero-order valence-corrected chi connectivity index (χ0v) is 14.7. The Labute approximate surface area is 146 Å². The van der Waals surface area contributed by atoms with Crippen LogP contribution in [0.5, 0.6) is 0 Å². The van der Waals surface area contributed by atoms with E-state index in [0.717, 1.165) is 13.0 Å². The lowest BCUT2D eigenvalue weighted by Crippen LogP contribution is -2.29. The Hall–Kier alpha value is -1.13. The van der Waals surface area contributed by atoms with E-state index < -0.39 is 5.60 Å². The summed E-state index contributed by atoms with van der Waals surface area (Å²) in [6.07, 6.45) is 1.23. The normalized spacial score (nSPS) is 14.0. The maximum atomic E-state index is 13.2. The third-order valence-corrected chi connectivity index (χ3v) is 4.39. The maximum Gasteiger partial charge on any atom is 0.123 e. The minimum absolute atomic E-state index is 0.341. The molecule has 0 aliphatic rings. The van der Waals surface area contributed by atoms with E-state index >= 15 is 0 Å². The first-order valence-corrected chi connectivity index (χ1v) is 8.17. The van der Waals surface area contributed by atoms with E-state index in [0.29, 0.717) is 27.6 Å². The van der Waals surface area contributed by atoms with Crippen LogP contribution in [0, 0.1) is 5.82 Å². The average molecular weight is 356 g/mol. The molecule has 23 heavy (non-hydrogen) atoms. The molecule has 0 unspecified atom stereocenters. The molecule has 0 bridgehead atoms. The van der Waals surface area contributed by atoms with Gasteiger partial charge in [-0.3, -0.25) is 0 Å². The molecule has 2 aromatic carbocycles. The van der Waals surface area contributed by atoms with E-state index in [4.69, 9.17) is 23.2 Å². The van der Waals surface area contributed by atoms with Crippen molar-refractivity contribution in [3.63, 3.8) is 0 Å². The van der Waals surface area contributed by atoms with Crippen molar-refractivity contribution in [1.29, 1.82) is 0 Å². The summed E-state index contributed by atoms with van der Waals surface area (Å²) in [7, 11) is 3.96. The summed E-state index contributed by atoms with van der Waals surface area (Å²) in [5.41, 5.74) is -0.0958. The van der Waals surface area contributed by atoms with Gasteiger partial charge in [0.1, 0.15) is 11.4 Å². The quantitative estimate of drug-likeness (QED) is 0.810. The highest BCUT2D eigenvalue weighted by Gasteiger charge is 2.33. The van der Waals surface area contributed by atoms with Gasteiger partial charge in [0.15, 0.2) is 0 Å². The smallest absolute Gasteiger partial charge is 0.123 e. The van der Waals surface area contributed by atoms with Crippen molar-refractivity contribution in [2.75, 3.05) is 20.6 Å². The van der Waals surface area contributed by atoms with Gasteiger partial charge in [-0.2, -0.15) is 0 Å². The highest BCUT2D eigenvalue weighted by molar-refractivity contribution is 6.35. The van der Waals surface area contributed by atoms with Crippen molar-refractivity contribution < 1.29 is 9.50 Å². The molecular weight excluding hydrogens is 336 g/mol. The number of aliphatic hydroxyl groups is 1. The molecule has 0 radical (unpaired) electrons. The molecule has 5 heteroatoms.